The second kappa shape index (κ2) is 21.7. The zero-order valence-electron chi connectivity index (χ0n) is 24.7. The fraction of sp³-hybridized carbons (Fsp3) is 0.667. The highest BCUT2D eigenvalue weighted by molar-refractivity contribution is 7.99. The summed E-state index contributed by atoms with van der Waals surface area (Å²) >= 11 is 1.91. The maximum atomic E-state index is 2.42. The van der Waals surface area contributed by atoms with Gasteiger partial charge in [0.1, 0.15) is 0 Å². The lowest BCUT2D eigenvalue weighted by Gasteiger charge is -2.14. The van der Waals surface area contributed by atoms with Gasteiger partial charge in [0.05, 0.1) is 0 Å². The Balaban J connectivity index is 1.63. The Morgan fingerprint density at radius 2 is 1.08 bits per heavy atom. The third-order valence-electron chi connectivity index (χ3n) is 8.00. The number of hydrogen-bond acceptors (Lipinski definition) is 1. The monoisotopic (exact) mass is 522 g/mol. The van der Waals surface area contributed by atoms with Crippen LogP contribution in [0.2, 0.25) is 0 Å². The second-order valence-electron chi connectivity index (χ2n) is 11.3. The predicted octanol–water partition coefficient (Wildman–Crippen LogP) is 12.6. The average molecular weight is 523 g/mol. The quantitative estimate of drug-likeness (QED) is 0.131. The van der Waals surface area contributed by atoms with E-state index in [2.05, 4.69) is 69.3 Å². The van der Waals surface area contributed by atoms with Crippen molar-refractivity contribution in [2.24, 2.45) is 5.92 Å². The van der Waals surface area contributed by atoms with Gasteiger partial charge in [-0.25, -0.2) is 0 Å². The molecule has 2 aromatic carbocycles. The molecule has 0 aliphatic heterocycles. The highest BCUT2D eigenvalue weighted by Crippen LogP contribution is 2.29. The molecule has 1 unspecified atom stereocenters. The highest BCUT2D eigenvalue weighted by Gasteiger charge is 2.07. The summed E-state index contributed by atoms with van der Waals surface area (Å²) in [6.45, 7) is 6.98. The van der Waals surface area contributed by atoms with Gasteiger partial charge in [0.15, 0.2) is 0 Å². The van der Waals surface area contributed by atoms with E-state index in [0.717, 1.165) is 5.92 Å². The first-order valence-electron chi connectivity index (χ1n) is 16.1. The normalized spacial score (nSPS) is 12.2. The molecule has 0 amide bonds. The lowest BCUT2D eigenvalue weighted by atomic mass is 9.92. The van der Waals surface area contributed by atoms with Crippen LogP contribution >= 0.6 is 11.8 Å². The van der Waals surface area contributed by atoms with E-state index in [4.69, 9.17) is 0 Å². The Morgan fingerprint density at radius 1 is 0.514 bits per heavy atom. The number of unbranched alkanes of at least 4 members (excludes halogenated alkanes) is 12. The minimum Gasteiger partial charge on any atom is -0.0901 e. The van der Waals surface area contributed by atoms with Gasteiger partial charge < -0.3 is 0 Å². The van der Waals surface area contributed by atoms with Crippen LogP contribution in [-0.4, -0.2) is 0 Å². The fourth-order valence-corrected chi connectivity index (χ4v) is 6.35. The van der Waals surface area contributed by atoms with Crippen molar-refractivity contribution >= 4 is 11.8 Å². The van der Waals surface area contributed by atoms with E-state index < -0.39 is 0 Å². The Labute approximate surface area is 235 Å². The van der Waals surface area contributed by atoms with Crippen LogP contribution in [0.4, 0.5) is 0 Å². The van der Waals surface area contributed by atoms with Crippen LogP contribution in [0.15, 0.2) is 58.3 Å². The SMILES string of the molecule is CCCCCCCCCCCCc1ccc(Sc2cccc(CCCC(CC)CCCCCC)c2)cc1. The number of benzene rings is 2. The summed E-state index contributed by atoms with van der Waals surface area (Å²) < 4.78 is 0. The van der Waals surface area contributed by atoms with Crippen LogP contribution in [0.3, 0.4) is 0 Å². The largest absolute Gasteiger partial charge is 0.0901 e. The van der Waals surface area contributed by atoms with Crippen LogP contribution < -0.4 is 0 Å². The van der Waals surface area contributed by atoms with E-state index in [-0.39, 0.29) is 0 Å². The van der Waals surface area contributed by atoms with Gasteiger partial charge in [0.2, 0.25) is 0 Å². The van der Waals surface area contributed by atoms with E-state index in [1.54, 1.807) is 0 Å². The van der Waals surface area contributed by atoms with E-state index >= 15 is 0 Å². The minimum absolute atomic E-state index is 0.924. The molecule has 208 valence electrons. The van der Waals surface area contributed by atoms with Gasteiger partial charge in [-0.1, -0.05) is 160 Å². The van der Waals surface area contributed by atoms with Crippen molar-refractivity contribution in [1.29, 1.82) is 0 Å². The van der Waals surface area contributed by atoms with Crippen LogP contribution in [0.1, 0.15) is 147 Å². The molecule has 0 N–H and O–H groups in total. The van der Waals surface area contributed by atoms with Crippen molar-refractivity contribution in [3.63, 3.8) is 0 Å². The van der Waals surface area contributed by atoms with Gasteiger partial charge in [-0.2, -0.15) is 0 Å². The molecule has 0 aromatic heterocycles. The fourth-order valence-electron chi connectivity index (χ4n) is 5.45. The zero-order valence-corrected chi connectivity index (χ0v) is 25.6. The summed E-state index contributed by atoms with van der Waals surface area (Å²) in [5.74, 6) is 0.924. The molecule has 0 saturated heterocycles. The van der Waals surface area contributed by atoms with Crippen LogP contribution in [-0.2, 0) is 12.8 Å². The van der Waals surface area contributed by atoms with Crippen LogP contribution in [0.25, 0.3) is 0 Å². The minimum atomic E-state index is 0.924. The van der Waals surface area contributed by atoms with Gasteiger partial charge in [-0.15, -0.1) is 0 Å². The molecule has 0 radical (unpaired) electrons. The molecular formula is C36H58S. The molecule has 2 aromatic rings. The first-order valence-corrected chi connectivity index (χ1v) is 16.9. The molecule has 0 saturated carbocycles. The predicted molar refractivity (Wildman–Crippen MR) is 168 cm³/mol. The molecule has 0 fully saturated rings. The van der Waals surface area contributed by atoms with Crippen LogP contribution in [0.5, 0.6) is 0 Å². The summed E-state index contributed by atoms with van der Waals surface area (Å²) in [6, 6.07) is 18.6. The third kappa shape index (κ3) is 15.7. The van der Waals surface area contributed by atoms with Gasteiger partial charge in [-0.3, -0.25) is 0 Å². The van der Waals surface area contributed by atoms with Crippen molar-refractivity contribution in [3.05, 3.63) is 59.7 Å². The Hall–Kier alpha value is -1.21. The standard InChI is InChI=1S/C36H58S/c1-4-7-9-11-12-13-14-15-16-18-22-33-27-29-35(30-28-33)37-36-26-20-25-34(31-36)24-19-23-32(6-3)21-17-10-8-5-2/h20,25-32H,4-19,21-24H2,1-3H3. The summed E-state index contributed by atoms with van der Waals surface area (Å²) in [5.41, 5.74) is 3.00. The molecule has 2 rings (SSSR count). The molecule has 0 heterocycles. The number of hydrogen-bond donors (Lipinski definition) is 0. The molecule has 0 aliphatic carbocycles. The molecule has 0 aliphatic rings. The molecule has 0 nitrogen and oxygen atoms in total. The van der Waals surface area contributed by atoms with Crippen molar-refractivity contribution < 1.29 is 0 Å². The van der Waals surface area contributed by atoms with E-state index in [1.807, 2.05) is 11.8 Å². The van der Waals surface area contributed by atoms with Crippen molar-refractivity contribution in [1.82, 2.24) is 0 Å². The smallest absolute Gasteiger partial charge is 0.0125 e. The molecule has 0 spiro atoms. The summed E-state index contributed by atoms with van der Waals surface area (Å²) in [7, 11) is 0. The first-order chi connectivity index (χ1) is 18.2. The molecular weight excluding hydrogens is 464 g/mol. The average Bonchev–Trinajstić information content (AvgIpc) is 2.92. The first kappa shape index (κ1) is 32.0. The topological polar surface area (TPSA) is 0 Å². The van der Waals surface area contributed by atoms with Crippen LogP contribution in [0, 0.1) is 5.92 Å². The lowest BCUT2D eigenvalue weighted by molar-refractivity contribution is 0.403. The molecule has 0 bridgehead atoms. The van der Waals surface area contributed by atoms with Crippen molar-refractivity contribution in [2.75, 3.05) is 0 Å². The van der Waals surface area contributed by atoms with Gasteiger partial charge in [-0.05, 0) is 67.0 Å². The van der Waals surface area contributed by atoms with E-state index in [9.17, 15) is 0 Å². The van der Waals surface area contributed by atoms with E-state index in [1.165, 1.54) is 149 Å². The highest BCUT2D eigenvalue weighted by atomic mass is 32.2. The maximum Gasteiger partial charge on any atom is 0.0125 e. The van der Waals surface area contributed by atoms with Crippen molar-refractivity contribution in [3.8, 4) is 0 Å². The Kier molecular flexibility index (Phi) is 18.8. The zero-order chi connectivity index (χ0) is 26.4. The summed E-state index contributed by atoms with van der Waals surface area (Å²) in [6.07, 6.45) is 27.6. The lowest BCUT2D eigenvalue weighted by Crippen LogP contribution is -2.00. The third-order valence-corrected chi connectivity index (χ3v) is 9.00. The second-order valence-corrected chi connectivity index (χ2v) is 12.5. The Bertz CT molecular complexity index is 778. The van der Waals surface area contributed by atoms with Gasteiger partial charge in [0, 0.05) is 9.79 Å². The molecule has 37 heavy (non-hydrogen) atoms. The number of rotatable bonds is 23. The summed E-state index contributed by atoms with van der Waals surface area (Å²) in [5, 5.41) is 0. The van der Waals surface area contributed by atoms with Gasteiger partial charge in [0.25, 0.3) is 0 Å². The summed E-state index contributed by atoms with van der Waals surface area (Å²) in [4.78, 5) is 2.74. The molecule has 1 heteroatoms. The maximum absolute atomic E-state index is 2.42. The number of aryl methyl sites for hydroxylation is 2. The van der Waals surface area contributed by atoms with E-state index in [0.29, 0.717) is 0 Å². The molecule has 1 atom stereocenters. The Morgan fingerprint density at radius 3 is 1.73 bits per heavy atom. The van der Waals surface area contributed by atoms with Gasteiger partial charge >= 0.3 is 0 Å². The van der Waals surface area contributed by atoms with Crippen molar-refractivity contribution in [2.45, 2.75) is 159 Å².